The number of hydrogen-bond donors (Lipinski definition) is 0. The Kier molecular flexibility index (Phi) is 5.38. The molecule has 9 heteroatoms. The van der Waals surface area contributed by atoms with Crippen LogP contribution in [0.1, 0.15) is 37.4 Å². The van der Waals surface area contributed by atoms with Crippen molar-refractivity contribution in [3.05, 3.63) is 64.8 Å². The first-order chi connectivity index (χ1) is 15.6. The Morgan fingerprint density at radius 2 is 1.72 bits per heavy atom. The lowest BCUT2D eigenvalue weighted by molar-refractivity contribution is -0.135. The smallest absolute Gasteiger partial charge is 0.267 e. The number of aromatic nitrogens is 5. The van der Waals surface area contributed by atoms with E-state index in [4.69, 9.17) is 0 Å². The van der Waals surface area contributed by atoms with Gasteiger partial charge in [-0.2, -0.15) is 5.10 Å². The molecule has 9 nitrogen and oxygen atoms in total. The van der Waals surface area contributed by atoms with Crippen LogP contribution in [0.2, 0.25) is 0 Å². The van der Waals surface area contributed by atoms with Gasteiger partial charge in [0.05, 0.1) is 11.4 Å². The quantitative estimate of drug-likeness (QED) is 0.608. The van der Waals surface area contributed by atoms with Gasteiger partial charge in [-0.25, -0.2) is 4.68 Å². The first-order valence-electron chi connectivity index (χ1n) is 11.0. The number of pyridine rings is 1. The van der Waals surface area contributed by atoms with Crippen molar-refractivity contribution < 1.29 is 4.79 Å². The second-order valence-electron chi connectivity index (χ2n) is 8.32. The number of amides is 1. The van der Waals surface area contributed by atoms with Crippen LogP contribution in [-0.2, 0) is 4.79 Å². The van der Waals surface area contributed by atoms with E-state index in [1.165, 1.54) is 10.7 Å². The van der Waals surface area contributed by atoms with Crippen LogP contribution in [0, 0.1) is 0 Å². The molecular formula is C23H25N7O2. The highest BCUT2D eigenvalue weighted by Gasteiger charge is 2.30. The summed E-state index contributed by atoms with van der Waals surface area (Å²) in [7, 11) is 0. The van der Waals surface area contributed by atoms with E-state index in [0.29, 0.717) is 32.1 Å². The van der Waals surface area contributed by atoms with E-state index >= 15 is 0 Å². The van der Waals surface area contributed by atoms with Crippen LogP contribution in [0.3, 0.4) is 0 Å². The lowest BCUT2D eigenvalue weighted by Crippen LogP contribution is -2.51. The highest BCUT2D eigenvalue weighted by Crippen LogP contribution is 2.38. The number of carbonyl (C=O) groups is 1. The first-order valence-corrected chi connectivity index (χ1v) is 11.0. The van der Waals surface area contributed by atoms with Crippen LogP contribution < -0.4 is 10.5 Å². The highest BCUT2D eigenvalue weighted by atomic mass is 16.2. The molecule has 0 bridgehead atoms. The van der Waals surface area contributed by atoms with Crippen LogP contribution in [0.5, 0.6) is 0 Å². The van der Waals surface area contributed by atoms with Gasteiger partial charge in [0.25, 0.3) is 5.56 Å². The number of anilines is 1. The molecule has 0 spiro atoms. The molecule has 1 aliphatic heterocycles. The second-order valence-corrected chi connectivity index (χ2v) is 8.32. The third-order valence-electron chi connectivity index (χ3n) is 6.11. The monoisotopic (exact) mass is 431 g/mol. The van der Waals surface area contributed by atoms with E-state index in [-0.39, 0.29) is 11.5 Å². The molecule has 0 N–H and O–H groups in total. The van der Waals surface area contributed by atoms with Gasteiger partial charge in [-0.1, -0.05) is 0 Å². The summed E-state index contributed by atoms with van der Waals surface area (Å²) in [6.07, 6.45) is 5.66. The van der Waals surface area contributed by atoms with Crippen LogP contribution in [0.15, 0.2) is 53.6 Å². The van der Waals surface area contributed by atoms with Gasteiger partial charge in [0.15, 0.2) is 5.82 Å². The molecule has 3 aromatic heterocycles. The first kappa shape index (κ1) is 20.3. The summed E-state index contributed by atoms with van der Waals surface area (Å²) in [6, 6.07) is 10.4. The predicted molar refractivity (Wildman–Crippen MR) is 119 cm³/mol. The van der Waals surface area contributed by atoms with E-state index in [1.54, 1.807) is 30.3 Å². The molecule has 0 aromatic carbocycles. The van der Waals surface area contributed by atoms with E-state index in [1.807, 2.05) is 24.3 Å². The minimum Gasteiger partial charge on any atom is -0.352 e. The Morgan fingerprint density at radius 1 is 0.969 bits per heavy atom. The molecule has 1 amide bonds. The fraction of sp³-hybridized carbons (Fsp3) is 0.391. The molecular weight excluding hydrogens is 406 g/mol. The minimum atomic E-state index is -0.618. The zero-order valence-electron chi connectivity index (χ0n) is 18.0. The Morgan fingerprint density at radius 3 is 2.38 bits per heavy atom. The van der Waals surface area contributed by atoms with Crippen LogP contribution >= 0.6 is 0 Å². The number of hydrogen-bond acceptors (Lipinski definition) is 7. The SMILES string of the molecule is CC(C(=O)N1CCN(c2ccc(-c3ccncc3)nn2)CC1)n1nc(C2CC2)ccc1=O. The lowest BCUT2D eigenvalue weighted by Gasteiger charge is -2.36. The van der Waals surface area contributed by atoms with Crippen LogP contribution in [0.4, 0.5) is 5.82 Å². The lowest BCUT2D eigenvalue weighted by atomic mass is 10.2. The van der Waals surface area contributed by atoms with Crippen molar-refractivity contribution in [3.63, 3.8) is 0 Å². The van der Waals surface area contributed by atoms with E-state index in [9.17, 15) is 9.59 Å². The molecule has 4 heterocycles. The van der Waals surface area contributed by atoms with Crippen molar-refractivity contribution in [2.45, 2.75) is 31.7 Å². The van der Waals surface area contributed by atoms with Gasteiger partial charge < -0.3 is 9.80 Å². The van der Waals surface area contributed by atoms with Gasteiger partial charge in [0.1, 0.15) is 6.04 Å². The number of rotatable bonds is 5. The van der Waals surface area contributed by atoms with Gasteiger partial charge in [-0.3, -0.25) is 14.6 Å². The van der Waals surface area contributed by atoms with Crippen LogP contribution in [-0.4, -0.2) is 61.9 Å². The zero-order valence-corrected chi connectivity index (χ0v) is 18.0. The number of nitrogens with zero attached hydrogens (tertiary/aromatic N) is 7. The average Bonchev–Trinajstić information content (AvgIpc) is 3.70. The summed E-state index contributed by atoms with van der Waals surface area (Å²) in [5.41, 5.74) is 2.43. The average molecular weight is 432 g/mol. The van der Waals surface area contributed by atoms with Crippen molar-refractivity contribution in [2.75, 3.05) is 31.1 Å². The molecule has 0 radical (unpaired) electrons. The topological polar surface area (TPSA) is 97.1 Å². The third kappa shape index (κ3) is 4.10. The van der Waals surface area contributed by atoms with Gasteiger partial charge in [0, 0.05) is 56.1 Å². The molecule has 3 aromatic rings. The maximum atomic E-state index is 13.1. The van der Waals surface area contributed by atoms with Crippen LogP contribution in [0.25, 0.3) is 11.3 Å². The standard InChI is InChI=1S/C23H25N7O2/c1-16(30-22(31)7-5-20(27-30)17-2-3-17)23(32)29-14-12-28(13-15-29)21-6-4-19(25-26-21)18-8-10-24-11-9-18/h4-11,16-17H,2-3,12-15H2,1H3. The largest absolute Gasteiger partial charge is 0.352 e. The maximum Gasteiger partial charge on any atom is 0.267 e. The fourth-order valence-electron chi connectivity index (χ4n) is 4.01. The molecule has 1 atom stereocenters. The highest BCUT2D eigenvalue weighted by molar-refractivity contribution is 5.80. The molecule has 2 aliphatic rings. The Hall–Kier alpha value is -3.62. The number of carbonyl (C=O) groups excluding carboxylic acids is 1. The van der Waals surface area contributed by atoms with E-state index < -0.39 is 6.04 Å². The molecule has 1 unspecified atom stereocenters. The summed E-state index contributed by atoms with van der Waals surface area (Å²) >= 11 is 0. The molecule has 5 rings (SSSR count). The van der Waals surface area contributed by atoms with Crippen molar-refractivity contribution in [3.8, 4) is 11.3 Å². The normalized spacial score (nSPS) is 17.3. The summed E-state index contributed by atoms with van der Waals surface area (Å²) < 4.78 is 1.34. The third-order valence-corrected chi connectivity index (χ3v) is 6.11. The summed E-state index contributed by atoms with van der Waals surface area (Å²) in [4.78, 5) is 33.3. The molecule has 2 fully saturated rings. The van der Waals surface area contributed by atoms with Gasteiger partial charge >= 0.3 is 0 Å². The van der Waals surface area contributed by atoms with Crippen molar-refractivity contribution in [2.24, 2.45) is 0 Å². The Balaban J connectivity index is 1.22. The second kappa shape index (κ2) is 8.49. The summed E-state index contributed by atoms with van der Waals surface area (Å²) in [6.45, 7) is 4.20. The van der Waals surface area contributed by atoms with Crippen molar-refractivity contribution >= 4 is 11.7 Å². The van der Waals surface area contributed by atoms with Crippen molar-refractivity contribution in [1.29, 1.82) is 0 Å². The Labute approximate surface area is 185 Å². The molecule has 32 heavy (non-hydrogen) atoms. The van der Waals surface area contributed by atoms with Gasteiger partial charge in [-0.05, 0) is 50.1 Å². The maximum absolute atomic E-state index is 13.1. The summed E-state index contributed by atoms with van der Waals surface area (Å²) in [5, 5.41) is 13.2. The fourth-order valence-corrected chi connectivity index (χ4v) is 4.01. The van der Waals surface area contributed by atoms with E-state index in [0.717, 1.165) is 35.6 Å². The molecule has 164 valence electrons. The Bertz CT molecular complexity index is 1150. The number of piperazine rings is 1. The predicted octanol–water partition coefficient (Wildman–Crippen LogP) is 1.88. The summed E-state index contributed by atoms with van der Waals surface area (Å²) in [5.74, 6) is 1.14. The van der Waals surface area contributed by atoms with Gasteiger partial charge in [-0.15, -0.1) is 10.2 Å². The van der Waals surface area contributed by atoms with E-state index in [2.05, 4.69) is 25.2 Å². The van der Waals surface area contributed by atoms with Crippen molar-refractivity contribution in [1.82, 2.24) is 29.9 Å². The molecule has 1 saturated heterocycles. The molecule has 1 aliphatic carbocycles. The van der Waals surface area contributed by atoms with Gasteiger partial charge in [0.2, 0.25) is 5.91 Å². The minimum absolute atomic E-state index is 0.0775. The molecule has 1 saturated carbocycles. The zero-order chi connectivity index (χ0) is 22.1.